The van der Waals surface area contributed by atoms with Gasteiger partial charge in [-0.05, 0) is 58.5 Å². The average Bonchev–Trinajstić information content (AvgIpc) is 3.29. The lowest BCUT2D eigenvalue weighted by Gasteiger charge is -2.23. The van der Waals surface area contributed by atoms with Crippen molar-refractivity contribution in [3.63, 3.8) is 0 Å². The number of ether oxygens (including phenoxy) is 1. The Kier molecular flexibility index (Phi) is 7.92. The number of hydrogen-bond acceptors (Lipinski definition) is 4. The van der Waals surface area contributed by atoms with Crippen LogP contribution in [0.15, 0.2) is 97.1 Å². The van der Waals surface area contributed by atoms with Gasteiger partial charge in [-0.3, -0.25) is 14.9 Å². The summed E-state index contributed by atoms with van der Waals surface area (Å²) in [6.07, 6.45) is -0.727. The van der Waals surface area contributed by atoms with E-state index in [1.165, 1.54) is 4.90 Å². The molecule has 0 saturated carbocycles. The van der Waals surface area contributed by atoms with Gasteiger partial charge in [-0.2, -0.15) is 0 Å². The van der Waals surface area contributed by atoms with E-state index in [9.17, 15) is 14.4 Å². The van der Waals surface area contributed by atoms with Crippen molar-refractivity contribution in [2.24, 2.45) is 0 Å². The lowest BCUT2D eigenvalue weighted by molar-refractivity contribution is -0.137. The highest BCUT2D eigenvalue weighted by Crippen LogP contribution is 2.44. The van der Waals surface area contributed by atoms with Crippen molar-refractivity contribution in [2.75, 3.05) is 18.5 Å². The molecule has 0 fully saturated rings. The topological polar surface area (TPSA) is 95.9 Å². The number of nitrogens with zero attached hydrogens (tertiary/aromatic N) is 1. The van der Waals surface area contributed by atoms with Gasteiger partial charge in [0.25, 0.3) is 5.91 Å². The molecule has 0 saturated heterocycles. The van der Waals surface area contributed by atoms with E-state index >= 15 is 0 Å². The molecule has 7 heteroatoms. The van der Waals surface area contributed by atoms with Crippen LogP contribution in [0.4, 0.5) is 10.5 Å². The number of benzene rings is 4. The van der Waals surface area contributed by atoms with Gasteiger partial charge >= 0.3 is 12.1 Å². The van der Waals surface area contributed by atoms with Gasteiger partial charge in [0.1, 0.15) is 6.61 Å². The normalized spacial score (nSPS) is 11.8. The third-order valence-corrected chi connectivity index (χ3v) is 7.15. The highest BCUT2D eigenvalue weighted by atomic mass is 16.5. The Bertz CT molecular complexity index is 1500. The Balaban J connectivity index is 1.25. The van der Waals surface area contributed by atoms with Crippen LogP contribution in [-0.2, 0) is 16.1 Å². The van der Waals surface area contributed by atoms with Gasteiger partial charge < -0.3 is 14.7 Å². The smallest absolute Gasteiger partial charge is 0.411 e. The zero-order chi connectivity index (χ0) is 28.1. The zero-order valence-corrected chi connectivity index (χ0v) is 22.2. The van der Waals surface area contributed by atoms with Crippen molar-refractivity contribution in [3.8, 4) is 11.1 Å². The number of carbonyl (C=O) groups excluding carboxylic acids is 2. The fourth-order valence-electron chi connectivity index (χ4n) is 5.15. The Morgan fingerprint density at radius 1 is 0.850 bits per heavy atom. The van der Waals surface area contributed by atoms with Gasteiger partial charge in [0, 0.05) is 30.3 Å². The largest absolute Gasteiger partial charge is 0.481 e. The first-order chi connectivity index (χ1) is 19.4. The molecule has 0 radical (unpaired) electrons. The van der Waals surface area contributed by atoms with Crippen LogP contribution in [0.5, 0.6) is 0 Å². The number of rotatable bonds is 9. The van der Waals surface area contributed by atoms with E-state index in [2.05, 4.69) is 29.6 Å². The molecule has 0 spiro atoms. The van der Waals surface area contributed by atoms with Gasteiger partial charge in [0.05, 0.1) is 6.42 Å². The van der Waals surface area contributed by atoms with Crippen molar-refractivity contribution in [2.45, 2.75) is 25.8 Å². The summed E-state index contributed by atoms with van der Waals surface area (Å²) in [5.74, 6) is -1.29. The van der Waals surface area contributed by atoms with E-state index in [-0.39, 0.29) is 31.4 Å². The second kappa shape index (κ2) is 11.9. The van der Waals surface area contributed by atoms with Crippen molar-refractivity contribution in [3.05, 3.63) is 125 Å². The number of carbonyl (C=O) groups is 3. The summed E-state index contributed by atoms with van der Waals surface area (Å²) in [6.45, 7) is 2.38. The molecule has 4 aromatic carbocycles. The van der Waals surface area contributed by atoms with Gasteiger partial charge in [0.2, 0.25) is 0 Å². The summed E-state index contributed by atoms with van der Waals surface area (Å²) >= 11 is 0. The van der Waals surface area contributed by atoms with Crippen LogP contribution in [0.25, 0.3) is 11.1 Å². The van der Waals surface area contributed by atoms with Crippen molar-refractivity contribution >= 4 is 23.7 Å². The molecule has 4 aromatic rings. The molecular formula is C33H30N2O5. The van der Waals surface area contributed by atoms with Crippen molar-refractivity contribution < 1.29 is 24.2 Å². The fraction of sp³-hybridized carbons (Fsp3) is 0.182. The number of fused-ring (bicyclic) bond motifs is 3. The van der Waals surface area contributed by atoms with E-state index in [1.54, 1.807) is 25.1 Å². The van der Waals surface area contributed by atoms with E-state index in [0.717, 1.165) is 27.8 Å². The molecule has 2 N–H and O–H groups in total. The second-order valence-corrected chi connectivity index (χ2v) is 9.84. The van der Waals surface area contributed by atoms with Gasteiger partial charge in [0.15, 0.2) is 0 Å². The minimum Gasteiger partial charge on any atom is -0.481 e. The number of nitrogens with one attached hydrogen (secondary N) is 1. The molecule has 40 heavy (non-hydrogen) atoms. The number of carboxylic acids is 1. The maximum atomic E-state index is 13.3. The maximum Gasteiger partial charge on any atom is 0.411 e. The fourth-order valence-corrected chi connectivity index (χ4v) is 5.15. The first-order valence-electron chi connectivity index (χ1n) is 13.2. The van der Waals surface area contributed by atoms with Crippen LogP contribution in [0.3, 0.4) is 0 Å². The third kappa shape index (κ3) is 5.89. The predicted octanol–water partition coefficient (Wildman–Crippen LogP) is 6.47. The minimum absolute atomic E-state index is 0.0411. The monoisotopic (exact) mass is 534 g/mol. The SMILES string of the molecule is Cc1cc(C(=O)N(CCC(=O)O)Cc2ccccc2)ccc1NC(=O)OCC1c2ccccc2-c2ccccc21. The number of carboxylic acid groups (broad SMARTS) is 1. The van der Waals surface area contributed by atoms with Crippen LogP contribution < -0.4 is 5.32 Å². The molecule has 0 aromatic heterocycles. The molecule has 5 rings (SSSR count). The van der Waals surface area contributed by atoms with E-state index in [4.69, 9.17) is 9.84 Å². The van der Waals surface area contributed by atoms with E-state index in [0.29, 0.717) is 23.4 Å². The van der Waals surface area contributed by atoms with Crippen LogP contribution in [0, 0.1) is 6.92 Å². The van der Waals surface area contributed by atoms with Gasteiger partial charge in [-0.1, -0.05) is 78.9 Å². The molecule has 0 atom stereocenters. The summed E-state index contributed by atoms with van der Waals surface area (Å²) in [5.41, 5.74) is 7.15. The summed E-state index contributed by atoms with van der Waals surface area (Å²) in [6, 6.07) is 30.7. The average molecular weight is 535 g/mol. The minimum atomic E-state index is -0.968. The molecule has 0 unspecified atom stereocenters. The molecule has 1 aliphatic carbocycles. The predicted molar refractivity (Wildman–Crippen MR) is 153 cm³/mol. The number of aliphatic carboxylic acids is 1. The lowest BCUT2D eigenvalue weighted by atomic mass is 9.98. The first kappa shape index (κ1) is 26.7. The Morgan fingerprint density at radius 2 is 1.48 bits per heavy atom. The molecule has 1 aliphatic rings. The van der Waals surface area contributed by atoms with Gasteiger partial charge in [-0.25, -0.2) is 4.79 Å². The lowest BCUT2D eigenvalue weighted by Crippen LogP contribution is -2.32. The maximum absolute atomic E-state index is 13.3. The quantitative estimate of drug-likeness (QED) is 0.256. The van der Waals surface area contributed by atoms with Crippen LogP contribution in [0.1, 0.15) is 45.0 Å². The Labute approximate surface area is 233 Å². The van der Waals surface area contributed by atoms with Crippen molar-refractivity contribution in [1.82, 2.24) is 4.90 Å². The number of hydrogen-bond donors (Lipinski definition) is 2. The summed E-state index contributed by atoms with van der Waals surface area (Å²) in [5, 5.41) is 12.0. The standard InChI is InChI=1S/C33H30N2O5/c1-22-19-24(32(38)35(18-17-31(36)37)20-23-9-3-2-4-10-23)15-16-30(22)34-33(39)40-21-29-27-13-7-5-11-25(27)26-12-6-8-14-28(26)29/h2-16,19,29H,17-18,20-21H2,1H3,(H,34,39)(H,36,37). The first-order valence-corrected chi connectivity index (χ1v) is 13.2. The van der Waals surface area contributed by atoms with Crippen LogP contribution >= 0.6 is 0 Å². The van der Waals surface area contributed by atoms with Crippen molar-refractivity contribution in [1.29, 1.82) is 0 Å². The Morgan fingerprint density at radius 3 is 2.10 bits per heavy atom. The van der Waals surface area contributed by atoms with Crippen LogP contribution in [-0.4, -0.2) is 41.1 Å². The molecular weight excluding hydrogens is 504 g/mol. The Hall–Kier alpha value is -4.91. The van der Waals surface area contributed by atoms with E-state index in [1.807, 2.05) is 54.6 Å². The highest BCUT2D eigenvalue weighted by molar-refractivity contribution is 5.96. The molecule has 0 heterocycles. The summed E-state index contributed by atoms with van der Waals surface area (Å²) in [7, 11) is 0. The zero-order valence-electron chi connectivity index (χ0n) is 22.2. The number of anilines is 1. The highest BCUT2D eigenvalue weighted by Gasteiger charge is 2.29. The van der Waals surface area contributed by atoms with E-state index < -0.39 is 12.1 Å². The van der Waals surface area contributed by atoms with Crippen LogP contribution in [0.2, 0.25) is 0 Å². The summed E-state index contributed by atoms with van der Waals surface area (Å²) < 4.78 is 5.65. The number of aryl methyl sites for hydroxylation is 1. The molecule has 7 nitrogen and oxygen atoms in total. The molecule has 0 bridgehead atoms. The molecule has 0 aliphatic heterocycles. The third-order valence-electron chi connectivity index (χ3n) is 7.15. The molecule has 202 valence electrons. The second-order valence-electron chi connectivity index (χ2n) is 9.84. The molecule has 2 amide bonds. The van der Waals surface area contributed by atoms with Gasteiger partial charge in [-0.15, -0.1) is 0 Å². The number of amides is 2. The summed E-state index contributed by atoms with van der Waals surface area (Å²) in [4.78, 5) is 38.8.